The minimum absolute atomic E-state index is 0.227. The van der Waals surface area contributed by atoms with E-state index in [2.05, 4.69) is 4.98 Å². The van der Waals surface area contributed by atoms with Crippen molar-refractivity contribution in [2.75, 3.05) is 7.11 Å². The van der Waals surface area contributed by atoms with Crippen LogP contribution < -0.4 is 15.1 Å². The number of aromatic amines is 1. The molecule has 0 atom stereocenters. The first-order chi connectivity index (χ1) is 19.6. The zero-order chi connectivity index (χ0) is 27.5. The van der Waals surface area contributed by atoms with Gasteiger partial charge in [0.05, 0.1) is 18.5 Å². The van der Waals surface area contributed by atoms with Crippen LogP contribution in [-0.4, -0.2) is 27.5 Å². The number of hydrogen-bond donors (Lipinski definition) is 1. The summed E-state index contributed by atoms with van der Waals surface area (Å²) < 4.78 is 7.75. The Morgan fingerprint density at radius 2 is 1.55 bits per heavy atom. The van der Waals surface area contributed by atoms with Crippen LogP contribution in [0.15, 0.2) is 124 Å². The number of rotatable bonds is 5. The molecular formula is C32H25N5O2S. The number of nitrogens with one attached hydrogen (secondary N) is 1. The SMILES string of the molecule is COc1ccc(-n2c(=NC(=Nc3ccccc3)c3ccc(C)cc3)sc3c(=O)[nH]c(-c4ccccc4)nc32)cc1. The van der Waals surface area contributed by atoms with E-state index in [9.17, 15) is 4.79 Å². The van der Waals surface area contributed by atoms with Crippen molar-refractivity contribution >= 4 is 33.2 Å². The number of benzene rings is 4. The van der Waals surface area contributed by atoms with Crippen molar-refractivity contribution < 1.29 is 4.74 Å². The minimum atomic E-state index is -0.227. The zero-order valence-electron chi connectivity index (χ0n) is 21.9. The molecule has 196 valence electrons. The summed E-state index contributed by atoms with van der Waals surface area (Å²) >= 11 is 1.27. The second-order valence-corrected chi connectivity index (χ2v) is 10.1. The van der Waals surface area contributed by atoms with E-state index in [0.717, 1.165) is 33.8 Å². The van der Waals surface area contributed by atoms with E-state index in [1.54, 1.807) is 7.11 Å². The minimum Gasteiger partial charge on any atom is -0.497 e. The molecule has 0 aliphatic carbocycles. The highest BCUT2D eigenvalue weighted by Gasteiger charge is 2.16. The van der Waals surface area contributed by atoms with Crippen molar-refractivity contribution in [3.63, 3.8) is 0 Å². The fourth-order valence-corrected chi connectivity index (χ4v) is 5.23. The second kappa shape index (κ2) is 11.0. The van der Waals surface area contributed by atoms with Gasteiger partial charge in [-0.2, -0.15) is 0 Å². The molecule has 8 heteroatoms. The van der Waals surface area contributed by atoms with Gasteiger partial charge in [-0.05, 0) is 43.3 Å². The van der Waals surface area contributed by atoms with E-state index < -0.39 is 0 Å². The maximum absolute atomic E-state index is 13.4. The standard InChI is InChI=1S/C32H25N5O2S/c1-21-13-15-23(16-14-21)28(33-24-11-7-4-8-12-24)36-32-37(25-17-19-26(39-2)20-18-25)30-27(40-32)31(38)35-29(34-30)22-9-5-3-6-10-22/h3-20H,1-2H3,(H,34,35,38). The number of aryl methyl sites for hydroxylation is 1. The van der Waals surface area contributed by atoms with Crippen LogP contribution >= 0.6 is 11.3 Å². The molecule has 0 amide bonds. The molecule has 6 rings (SSSR count). The van der Waals surface area contributed by atoms with Crippen LogP contribution in [0.2, 0.25) is 0 Å². The average molecular weight is 544 g/mol. The molecule has 0 aliphatic rings. The van der Waals surface area contributed by atoms with Crippen LogP contribution in [-0.2, 0) is 0 Å². The molecule has 2 heterocycles. The van der Waals surface area contributed by atoms with E-state index >= 15 is 0 Å². The van der Waals surface area contributed by atoms with Gasteiger partial charge in [0, 0.05) is 11.1 Å². The molecule has 2 aromatic heterocycles. The zero-order valence-corrected chi connectivity index (χ0v) is 22.7. The summed E-state index contributed by atoms with van der Waals surface area (Å²) in [7, 11) is 1.63. The van der Waals surface area contributed by atoms with Crippen molar-refractivity contribution in [1.82, 2.24) is 14.5 Å². The predicted molar refractivity (Wildman–Crippen MR) is 161 cm³/mol. The first-order valence-corrected chi connectivity index (χ1v) is 13.5. The Bertz CT molecular complexity index is 1940. The van der Waals surface area contributed by atoms with Gasteiger partial charge in [0.1, 0.15) is 16.3 Å². The van der Waals surface area contributed by atoms with Crippen molar-refractivity contribution in [2.24, 2.45) is 9.98 Å². The van der Waals surface area contributed by atoms with Gasteiger partial charge in [0.15, 0.2) is 16.3 Å². The largest absolute Gasteiger partial charge is 0.497 e. The molecule has 7 nitrogen and oxygen atoms in total. The molecule has 6 aromatic rings. The lowest BCUT2D eigenvalue weighted by Gasteiger charge is -2.08. The molecule has 1 N–H and O–H groups in total. The van der Waals surface area contributed by atoms with Crippen LogP contribution in [0, 0.1) is 6.92 Å². The van der Waals surface area contributed by atoms with Crippen molar-refractivity contribution in [3.05, 3.63) is 135 Å². The number of hydrogen-bond acceptors (Lipinski definition) is 5. The number of aromatic nitrogens is 3. The summed E-state index contributed by atoms with van der Waals surface area (Å²) in [6.45, 7) is 2.04. The first-order valence-electron chi connectivity index (χ1n) is 12.7. The molecule has 0 bridgehead atoms. The molecule has 0 aliphatic heterocycles. The van der Waals surface area contributed by atoms with E-state index in [-0.39, 0.29) is 5.56 Å². The van der Waals surface area contributed by atoms with E-state index in [4.69, 9.17) is 19.7 Å². The van der Waals surface area contributed by atoms with Gasteiger partial charge >= 0.3 is 0 Å². The van der Waals surface area contributed by atoms with E-state index in [0.29, 0.717) is 26.8 Å². The smallest absolute Gasteiger partial charge is 0.270 e. The lowest BCUT2D eigenvalue weighted by Crippen LogP contribution is -2.17. The van der Waals surface area contributed by atoms with E-state index in [1.807, 2.05) is 121 Å². The van der Waals surface area contributed by atoms with Gasteiger partial charge in [-0.1, -0.05) is 89.7 Å². The first kappa shape index (κ1) is 25.2. The molecule has 0 radical (unpaired) electrons. The number of ether oxygens (including phenoxy) is 1. The van der Waals surface area contributed by atoms with Crippen LogP contribution in [0.4, 0.5) is 5.69 Å². The lowest BCUT2D eigenvalue weighted by atomic mass is 10.1. The summed E-state index contributed by atoms with van der Waals surface area (Å²) in [4.78, 5) is 31.7. The highest BCUT2D eigenvalue weighted by Crippen LogP contribution is 2.22. The third-order valence-electron chi connectivity index (χ3n) is 6.34. The molecule has 0 saturated carbocycles. The van der Waals surface area contributed by atoms with Crippen LogP contribution in [0.5, 0.6) is 5.75 Å². The molecule has 0 saturated heterocycles. The summed E-state index contributed by atoms with van der Waals surface area (Å²) in [5, 5.41) is 0. The summed E-state index contributed by atoms with van der Waals surface area (Å²) in [6.07, 6.45) is 0. The van der Waals surface area contributed by atoms with Crippen molar-refractivity contribution in [2.45, 2.75) is 6.92 Å². The number of fused-ring (bicyclic) bond motifs is 1. The third-order valence-corrected chi connectivity index (χ3v) is 7.36. The molecule has 0 fully saturated rings. The quantitative estimate of drug-likeness (QED) is 0.201. The molecule has 0 unspecified atom stereocenters. The van der Waals surface area contributed by atoms with E-state index in [1.165, 1.54) is 11.3 Å². The van der Waals surface area contributed by atoms with Gasteiger partial charge in [0.25, 0.3) is 5.56 Å². The number of amidine groups is 1. The summed E-state index contributed by atoms with van der Waals surface area (Å²) in [6, 6.07) is 35.0. The number of methoxy groups -OCH3 is 1. The number of para-hydroxylation sites is 1. The highest BCUT2D eigenvalue weighted by molar-refractivity contribution is 7.16. The lowest BCUT2D eigenvalue weighted by molar-refractivity contribution is 0.415. The third kappa shape index (κ3) is 5.12. The Morgan fingerprint density at radius 3 is 2.23 bits per heavy atom. The maximum atomic E-state index is 13.4. The monoisotopic (exact) mass is 543 g/mol. The Labute approximate surface area is 234 Å². The Morgan fingerprint density at radius 1 is 0.875 bits per heavy atom. The van der Waals surface area contributed by atoms with Gasteiger partial charge in [-0.25, -0.2) is 15.0 Å². The number of thiazole rings is 1. The fourth-order valence-electron chi connectivity index (χ4n) is 4.26. The van der Waals surface area contributed by atoms with Gasteiger partial charge in [-0.3, -0.25) is 9.36 Å². The summed E-state index contributed by atoms with van der Waals surface area (Å²) in [5.74, 6) is 1.74. The maximum Gasteiger partial charge on any atom is 0.270 e. The highest BCUT2D eigenvalue weighted by atomic mass is 32.1. The topological polar surface area (TPSA) is 84.6 Å². The second-order valence-electron chi connectivity index (χ2n) is 9.10. The summed E-state index contributed by atoms with van der Waals surface area (Å²) in [5.41, 5.74) is 4.68. The Kier molecular flexibility index (Phi) is 6.91. The van der Waals surface area contributed by atoms with Crippen molar-refractivity contribution in [3.8, 4) is 22.8 Å². The molecule has 0 spiro atoms. The van der Waals surface area contributed by atoms with Crippen molar-refractivity contribution in [1.29, 1.82) is 0 Å². The number of aliphatic imine (C=N–C) groups is 1. The van der Waals surface area contributed by atoms with Crippen LogP contribution in [0.3, 0.4) is 0 Å². The average Bonchev–Trinajstić information content (AvgIpc) is 3.36. The number of nitrogens with zero attached hydrogens (tertiary/aromatic N) is 4. The van der Waals surface area contributed by atoms with Crippen LogP contribution in [0.1, 0.15) is 11.1 Å². The fraction of sp³-hybridized carbons (Fsp3) is 0.0625. The normalized spacial score (nSPS) is 12.2. The van der Waals surface area contributed by atoms with Crippen LogP contribution in [0.25, 0.3) is 27.4 Å². The predicted octanol–water partition coefficient (Wildman–Crippen LogP) is 6.44. The van der Waals surface area contributed by atoms with Gasteiger partial charge < -0.3 is 9.72 Å². The van der Waals surface area contributed by atoms with Gasteiger partial charge in [-0.15, -0.1) is 0 Å². The Hall–Kier alpha value is -5.08. The molecular weight excluding hydrogens is 518 g/mol. The van der Waals surface area contributed by atoms with Gasteiger partial charge in [0.2, 0.25) is 0 Å². The number of H-pyrrole nitrogens is 1. The molecule has 40 heavy (non-hydrogen) atoms. The molecule has 4 aromatic carbocycles. The Balaban J connectivity index is 1.65.